The Morgan fingerprint density at radius 2 is 1.89 bits per heavy atom. The first-order valence-electron chi connectivity index (χ1n) is 5.68. The Labute approximate surface area is 128 Å². The molecule has 0 aliphatic carbocycles. The second-order valence-corrected chi connectivity index (χ2v) is 5.37. The lowest BCUT2D eigenvalue weighted by Crippen LogP contribution is -2.29. The Morgan fingerprint density at radius 3 is 2.68 bits per heavy atom. The van der Waals surface area contributed by atoms with E-state index < -0.39 is 0 Å². The third-order valence-electron chi connectivity index (χ3n) is 2.57. The second-order valence-electron chi connectivity index (χ2n) is 3.89. The molecule has 0 heterocycles. The highest BCUT2D eigenvalue weighted by molar-refractivity contribution is 9.14. The fourth-order valence-electron chi connectivity index (χ4n) is 1.70. The highest BCUT2D eigenvalue weighted by Gasteiger charge is 2.04. The van der Waals surface area contributed by atoms with Gasteiger partial charge in [-0.1, -0.05) is 68.3 Å². The molecule has 3 nitrogen and oxygen atoms in total. The Kier molecular flexibility index (Phi) is 4.99. The van der Waals surface area contributed by atoms with Crippen LogP contribution in [0.1, 0.15) is 0 Å². The Bertz CT molecular complexity index is 620. The molecule has 0 spiro atoms. The number of hydrogen-bond donors (Lipinski definition) is 2. The van der Waals surface area contributed by atoms with Gasteiger partial charge < -0.3 is 10.6 Å². The third-order valence-corrected chi connectivity index (χ3v) is 4.25. The molecule has 0 aliphatic heterocycles. The molecule has 5 heteroatoms. The number of benzene rings is 2. The Balaban J connectivity index is 2.11. The molecule has 0 atom stereocenters. The molecule has 0 aromatic heterocycles. The first kappa shape index (κ1) is 14.1. The van der Waals surface area contributed by atoms with Crippen LogP contribution < -0.4 is 10.6 Å². The minimum absolute atomic E-state index is 0.234. The summed E-state index contributed by atoms with van der Waals surface area (Å²) >= 11 is 6.49. The highest BCUT2D eigenvalue weighted by Crippen LogP contribution is 2.22. The van der Waals surface area contributed by atoms with E-state index in [9.17, 15) is 4.79 Å². The number of fused-ring (bicyclic) bond motifs is 1. The van der Waals surface area contributed by atoms with Gasteiger partial charge in [0.25, 0.3) is 0 Å². The number of urea groups is 1. The summed E-state index contributed by atoms with van der Waals surface area (Å²) in [4.78, 5) is 13.5. The molecule has 0 saturated heterocycles. The average Bonchev–Trinajstić information content (AvgIpc) is 2.45. The largest absolute Gasteiger partial charge is 0.333 e. The van der Waals surface area contributed by atoms with Gasteiger partial charge in [-0.3, -0.25) is 0 Å². The molecule has 19 heavy (non-hydrogen) atoms. The van der Waals surface area contributed by atoms with Crippen molar-refractivity contribution in [2.45, 2.75) is 0 Å². The van der Waals surface area contributed by atoms with Gasteiger partial charge in [0.05, 0.1) is 12.2 Å². The number of hydrogen-bond acceptors (Lipinski definition) is 1. The fourth-order valence-corrected chi connectivity index (χ4v) is 2.01. The van der Waals surface area contributed by atoms with E-state index in [0.29, 0.717) is 6.54 Å². The molecule has 2 aromatic carbocycles. The zero-order valence-electron chi connectivity index (χ0n) is 9.99. The highest BCUT2D eigenvalue weighted by atomic mass is 79.9. The van der Waals surface area contributed by atoms with Crippen molar-refractivity contribution in [1.82, 2.24) is 5.32 Å². The van der Waals surface area contributed by atoms with E-state index in [0.717, 1.165) is 20.9 Å². The smallest absolute Gasteiger partial charge is 0.319 e. The van der Waals surface area contributed by atoms with E-state index in [-0.39, 0.29) is 6.03 Å². The van der Waals surface area contributed by atoms with Crippen molar-refractivity contribution in [3.8, 4) is 0 Å². The lowest BCUT2D eigenvalue weighted by Gasteiger charge is -2.09. The molecule has 0 fully saturated rings. The molecule has 2 rings (SSSR count). The van der Waals surface area contributed by atoms with E-state index in [2.05, 4.69) is 42.5 Å². The van der Waals surface area contributed by atoms with Gasteiger partial charge in [-0.2, -0.15) is 0 Å². The van der Waals surface area contributed by atoms with E-state index in [4.69, 9.17) is 0 Å². The van der Waals surface area contributed by atoms with Crippen molar-refractivity contribution < 1.29 is 4.79 Å². The van der Waals surface area contributed by atoms with Crippen molar-refractivity contribution >= 4 is 54.4 Å². The average molecular weight is 384 g/mol. The Morgan fingerprint density at radius 1 is 1.16 bits per heavy atom. The van der Waals surface area contributed by atoms with Crippen LogP contribution in [-0.4, -0.2) is 12.6 Å². The molecular weight excluding hydrogens is 372 g/mol. The number of carbonyl (C=O) groups is 1. The van der Waals surface area contributed by atoms with Gasteiger partial charge in [0.15, 0.2) is 0 Å². The van der Waals surface area contributed by atoms with Gasteiger partial charge in [0.1, 0.15) is 0 Å². The number of rotatable bonds is 3. The van der Waals surface area contributed by atoms with Crippen molar-refractivity contribution in [1.29, 1.82) is 0 Å². The molecular formula is C14H12Br2N2O. The van der Waals surface area contributed by atoms with Crippen LogP contribution in [0.5, 0.6) is 0 Å². The van der Waals surface area contributed by atoms with Crippen molar-refractivity contribution in [2.75, 3.05) is 11.9 Å². The zero-order chi connectivity index (χ0) is 13.7. The summed E-state index contributed by atoms with van der Waals surface area (Å²) in [6, 6.07) is 13.5. The van der Waals surface area contributed by atoms with Crippen LogP contribution in [0.15, 0.2) is 51.9 Å². The first-order chi connectivity index (χ1) is 9.20. The maximum absolute atomic E-state index is 11.8. The van der Waals surface area contributed by atoms with Crippen LogP contribution >= 0.6 is 31.9 Å². The molecule has 0 unspecified atom stereocenters. The Hall–Kier alpha value is -1.33. The predicted octanol–water partition coefficient (Wildman–Crippen LogP) is 4.59. The van der Waals surface area contributed by atoms with Crippen molar-refractivity contribution in [3.05, 3.63) is 51.9 Å². The quantitative estimate of drug-likeness (QED) is 0.799. The standard InChI is InChI=1S/C14H12Br2N2O/c15-8-11(16)9-17-14(19)18-13-7-3-5-10-4-1-2-6-12(10)13/h1-8H,9H2,(H2,17,18,19). The van der Waals surface area contributed by atoms with Crippen LogP contribution in [0, 0.1) is 0 Å². The normalized spacial score (nSPS) is 11.4. The minimum atomic E-state index is -0.234. The van der Waals surface area contributed by atoms with Crippen LogP contribution in [0.2, 0.25) is 0 Å². The number of amides is 2. The molecule has 2 aromatic rings. The monoisotopic (exact) mass is 382 g/mol. The van der Waals surface area contributed by atoms with Crippen LogP contribution in [0.4, 0.5) is 10.5 Å². The first-order valence-corrected chi connectivity index (χ1v) is 7.39. The van der Waals surface area contributed by atoms with Gasteiger partial charge in [0, 0.05) is 9.87 Å². The predicted molar refractivity (Wildman–Crippen MR) is 86.9 cm³/mol. The maximum Gasteiger partial charge on any atom is 0.319 e. The van der Waals surface area contributed by atoms with E-state index in [1.54, 1.807) is 4.99 Å². The summed E-state index contributed by atoms with van der Waals surface area (Å²) in [7, 11) is 0. The molecule has 0 saturated carbocycles. The van der Waals surface area contributed by atoms with E-state index >= 15 is 0 Å². The summed E-state index contributed by atoms with van der Waals surface area (Å²) < 4.78 is 0.862. The van der Waals surface area contributed by atoms with Gasteiger partial charge in [-0.25, -0.2) is 4.79 Å². The summed E-state index contributed by atoms with van der Waals surface area (Å²) in [5.41, 5.74) is 0.801. The summed E-state index contributed by atoms with van der Waals surface area (Å²) in [6.07, 6.45) is 0. The van der Waals surface area contributed by atoms with Gasteiger partial charge in [0.2, 0.25) is 0 Å². The maximum atomic E-state index is 11.8. The number of nitrogens with one attached hydrogen (secondary N) is 2. The number of anilines is 1. The molecule has 2 N–H and O–H groups in total. The van der Waals surface area contributed by atoms with Crippen LogP contribution in [0.25, 0.3) is 10.8 Å². The SMILES string of the molecule is O=C(NCC(Br)=CBr)Nc1cccc2ccccc12. The number of carbonyl (C=O) groups excluding carboxylic acids is 1. The minimum Gasteiger partial charge on any atom is -0.333 e. The second kappa shape index (κ2) is 6.73. The molecule has 2 amide bonds. The zero-order valence-corrected chi connectivity index (χ0v) is 13.2. The summed E-state index contributed by atoms with van der Waals surface area (Å²) in [5.74, 6) is 0. The molecule has 98 valence electrons. The topological polar surface area (TPSA) is 41.1 Å². The summed E-state index contributed by atoms with van der Waals surface area (Å²) in [5, 5.41) is 7.72. The lowest BCUT2D eigenvalue weighted by molar-refractivity contribution is 0.253. The molecule has 0 bridgehead atoms. The van der Waals surface area contributed by atoms with Gasteiger partial charge in [-0.05, 0) is 16.4 Å². The van der Waals surface area contributed by atoms with Gasteiger partial charge in [-0.15, -0.1) is 0 Å². The van der Waals surface area contributed by atoms with E-state index in [1.165, 1.54) is 0 Å². The molecule has 0 aliphatic rings. The van der Waals surface area contributed by atoms with Crippen LogP contribution in [-0.2, 0) is 0 Å². The fraction of sp³-hybridized carbons (Fsp3) is 0.0714. The third kappa shape index (κ3) is 3.81. The lowest BCUT2D eigenvalue weighted by atomic mass is 10.1. The van der Waals surface area contributed by atoms with E-state index in [1.807, 2.05) is 42.5 Å². The number of halogens is 2. The van der Waals surface area contributed by atoms with Gasteiger partial charge >= 0.3 is 6.03 Å². The van der Waals surface area contributed by atoms with Crippen LogP contribution in [0.3, 0.4) is 0 Å². The van der Waals surface area contributed by atoms with Crippen molar-refractivity contribution in [2.24, 2.45) is 0 Å². The molecule has 0 radical (unpaired) electrons. The summed E-state index contributed by atoms with van der Waals surface area (Å²) in [6.45, 7) is 0.432. The van der Waals surface area contributed by atoms with Crippen molar-refractivity contribution in [3.63, 3.8) is 0 Å².